The largest absolute Gasteiger partial charge is 0.368 e. The van der Waals surface area contributed by atoms with Gasteiger partial charge in [-0.05, 0) is 35.2 Å². The van der Waals surface area contributed by atoms with E-state index in [9.17, 15) is 4.79 Å². The van der Waals surface area contributed by atoms with E-state index in [4.69, 9.17) is 5.73 Å². The van der Waals surface area contributed by atoms with E-state index < -0.39 is 11.9 Å². The molecular weight excluding hydrogens is 442 g/mol. The van der Waals surface area contributed by atoms with Crippen LogP contribution in [0.1, 0.15) is 25.1 Å². The van der Waals surface area contributed by atoms with Crippen molar-refractivity contribution in [3.05, 3.63) is 78.1 Å². The van der Waals surface area contributed by atoms with Crippen molar-refractivity contribution in [3.8, 4) is 22.5 Å². The first kappa shape index (κ1) is 22.2. The van der Waals surface area contributed by atoms with Crippen LogP contribution < -0.4 is 10.6 Å². The summed E-state index contributed by atoms with van der Waals surface area (Å²) in [5.41, 5.74) is 11.3. The molecule has 2 aromatic carbocycles. The predicted octanol–water partition coefficient (Wildman–Crippen LogP) is 3.02. The van der Waals surface area contributed by atoms with E-state index in [2.05, 4.69) is 42.8 Å². The molecule has 35 heavy (non-hydrogen) atoms. The Bertz CT molecular complexity index is 1460. The molecule has 5 aromatic rings. The summed E-state index contributed by atoms with van der Waals surface area (Å²) in [7, 11) is 0. The number of fused-ring (bicyclic) bond motifs is 1. The van der Waals surface area contributed by atoms with E-state index in [0.29, 0.717) is 12.4 Å². The Labute approximate surface area is 201 Å². The monoisotopic (exact) mass is 467 g/mol. The SMILES string of the molecule is CCc1cc(N(Cc2ccc(-c3ccccc3-c3nn[nH]n3)cc2)C(C)C(N)=O)n2nccc2n1. The highest BCUT2D eigenvalue weighted by atomic mass is 16.1. The topological polar surface area (TPSA) is 131 Å². The maximum atomic E-state index is 12.2. The van der Waals surface area contributed by atoms with Gasteiger partial charge < -0.3 is 10.6 Å². The second-order valence-corrected chi connectivity index (χ2v) is 8.24. The second kappa shape index (κ2) is 9.34. The van der Waals surface area contributed by atoms with Crippen molar-refractivity contribution in [2.75, 3.05) is 4.90 Å². The van der Waals surface area contributed by atoms with E-state index >= 15 is 0 Å². The van der Waals surface area contributed by atoms with Gasteiger partial charge in [-0.3, -0.25) is 4.79 Å². The van der Waals surface area contributed by atoms with Crippen LogP contribution in [-0.4, -0.2) is 47.2 Å². The van der Waals surface area contributed by atoms with Gasteiger partial charge in [-0.15, -0.1) is 10.2 Å². The van der Waals surface area contributed by atoms with Crippen LogP contribution in [0.5, 0.6) is 0 Å². The number of rotatable bonds is 8. The van der Waals surface area contributed by atoms with Crippen molar-refractivity contribution in [3.63, 3.8) is 0 Å². The van der Waals surface area contributed by atoms with Crippen LogP contribution in [-0.2, 0) is 17.8 Å². The van der Waals surface area contributed by atoms with Crippen molar-refractivity contribution in [1.29, 1.82) is 0 Å². The van der Waals surface area contributed by atoms with Crippen LogP contribution in [0.2, 0.25) is 0 Å². The molecule has 0 saturated heterocycles. The molecule has 0 spiro atoms. The minimum atomic E-state index is -0.548. The van der Waals surface area contributed by atoms with E-state index in [-0.39, 0.29) is 0 Å². The van der Waals surface area contributed by atoms with Gasteiger partial charge in [0.2, 0.25) is 11.7 Å². The standard InChI is InChI=1S/C25H25N9O/c1-3-19-14-23(34-22(28-19)12-13-27-34)33(16(2)24(26)35)15-17-8-10-18(11-9-17)20-6-4-5-7-21(20)25-29-31-32-30-25/h4-14,16H,3,15H2,1-2H3,(H2,26,35)(H,29,30,31,32). The molecule has 0 aliphatic rings. The van der Waals surface area contributed by atoms with Crippen molar-refractivity contribution in [1.82, 2.24) is 35.2 Å². The first-order chi connectivity index (χ1) is 17.0. The molecule has 1 unspecified atom stereocenters. The zero-order chi connectivity index (χ0) is 24.4. The minimum Gasteiger partial charge on any atom is -0.368 e. The molecule has 3 N–H and O–H groups in total. The van der Waals surface area contributed by atoms with E-state index in [1.165, 1.54) is 0 Å². The van der Waals surface area contributed by atoms with Gasteiger partial charge in [-0.2, -0.15) is 14.8 Å². The fourth-order valence-corrected chi connectivity index (χ4v) is 4.09. The second-order valence-electron chi connectivity index (χ2n) is 8.24. The number of hydrogen-bond donors (Lipinski definition) is 2. The molecule has 0 radical (unpaired) electrons. The quantitative estimate of drug-likeness (QED) is 0.359. The summed E-state index contributed by atoms with van der Waals surface area (Å²) in [5, 5.41) is 18.9. The van der Waals surface area contributed by atoms with Crippen LogP contribution in [0.25, 0.3) is 28.2 Å². The number of aromatic nitrogens is 7. The van der Waals surface area contributed by atoms with Gasteiger partial charge in [0.15, 0.2) is 5.65 Å². The maximum Gasteiger partial charge on any atom is 0.239 e. The molecule has 10 heteroatoms. The number of primary amides is 1. The number of H-pyrrole nitrogens is 1. The number of nitrogens with zero attached hydrogens (tertiary/aromatic N) is 7. The molecule has 10 nitrogen and oxygen atoms in total. The highest BCUT2D eigenvalue weighted by molar-refractivity contribution is 5.83. The summed E-state index contributed by atoms with van der Waals surface area (Å²) in [5.74, 6) is 0.902. The first-order valence-corrected chi connectivity index (χ1v) is 11.4. The number of carbonyl (C=O) groups excluding carboxylic acids is 1. The Morgan fingerprint density at radius 3 is 2.57 bits per heavy atom. The summed E-state index contributed by atoms with van der Waals surface area (Å²) in [4.78, 5) is 18.8. The Morgan fingerprint density at radius 2 is 1.89 bits per heavy atom. The maximum absolute atomic E-state index is 12.2. The van der Waals surface area contributed by atoms with Crippen LogP contribution in [0.3, 0.4) is 0 Å². The Kier molecular flexibility index (Phi) is 5.92. The summed E-state index contributed by atoms with van der Waals surface area (Å²) in [6.45, 7) is 4.32. The minimum absolute atomic E-state index is 0.411. The molecule has 5 rings (SSSR count). The number of amides is 1. The Hall–Kier alpha value is -4.60. The average molecular weight is 468 g/mol. The number of nitrogens with one attached hydrogen (secondary N) is 1. The van der Waals surface area contributed by atoms with Crippen molar-refractivity contribution in [2.24, 2.45) is 5.73 Å². The van der Waals surface area contributed by atoms with Crippen molar-refractivity contribution >= 4 is 17.4 Å². The van der Waals surface area contributed by atoms with E-state index in [1.807, 2.05) is 60.4 Å². The zero-order valence-corrected chi connectivity index (χ0v) is 19.5. The highest BCUT2D eigenvalue weighted by Gasteiger charge is 2.23. The van der Waals surface area contributed by atoms with Gasteiger partial charge in [0.1, 0.15) is 11.9 Å². The van der Waals surface area contributed by atoms with Crippen LogP contribution in [0.15, 0.2) is 66.9 Å². The summed E-state index contributed by atoms with van der Waals surface area (Å²) in [6, 6.07) is 19.4. The van der Waals surface area contributed by atoms with E-state index in [1.54, 1.807) is 17.6 Å². The number of aryl methyl sites for hydroxylation is 1. The lowest BCUT2D eigenvalue weighted by Crippen LogP contribution is -2.43. The molecule has 1 amide bonds. The van der Waals surface area contributed by atoms with Crippen molar-refractivity contribution < 1.29 is 4.79 Å². The van der Waals surface area contributed by atoms with Gasteiger partial charge in [0.25, 0.3) is 0 Å². The first-order valence-electron chi connectivity index (χ1n) is 11.4. The third kappa shape index (κ3) is 4.33. The summed E-state index contributed by atoms with van der Waals surface area (Å²) in [6.07, 6.45) is 2.47. The number of carbonyl (C=O) groups is 1. The molecular formula is C25H25N9O. The molecule has 0 aliphatic heterocycles. The molecule has 0 saturated carbocycles. The predicted molar refractivity (Wildman–Crippen MR) is 132 cm³/mol. The Balaban J connectivity index is 1.50. The zero-order valence-electron chi connectivity index (χ0n) is 19.5. The lowest BCUT2D eigenvalue weighted by atomic mass is 9.98. The molecule has 3 heterocycles. The molecule has 3 aromatic heterocycles. The smallest absolute Gasteiger partial charge is 0.239 e. The molecule has 0 aliphatic carbocycles. The third-order valence-corrected chi connectivity index (χ3v) is 6.06. The van der Waals surface area contributed by atoms with Crippen molar-refractivity contribution in [2.45, 2.75) is 32.9 Å². The fraction of sp³-hybridized carbons (Fsp3) is 0.200. The van der Waals surface area contributed by atoms with Gasteiger partial charge in [-0.25, -0.2) is 4.98 Å². The van der Waals surface area contributed by atoms with Gasteiger partial charge in [0, 0.05) is 29.9 Å². The highest BCUT2D eigenvalue weighted by Crippen LogP contribution is 2.30. The average Bonchev–Trinajstić information content (AvgIpc) is 3.59. The summed E-state index contributed by atoms with van der Waals surface area (Å²) < 4.78 is 1.74. The third-order valence-electron chi connectivity index (χ3n) is 6.06. The lowest BCUT2D eigenvalue weighted by molar-refractivity contribution is -0.119. The van der Waals surface area contributed by atoms with Crippen LogP contribution in [0.4, 0.5) is 5.82 Å². The fourth-order valence-electron chi connectivity index (χ4n) is 4.09. The number of nitrogens with two attached hydrogens (primary N) is 1. The van der Waals surface area contributed by atoms with Gasteiger partial charge >= 0.3 is 0 Å². The number of anilines is 1. The lowest BCUT2D eigenvalue weighted by Gasteiger charge is -2.30. The van der Waals surface area contributed by atoms with Gasteiger partial charge in [-0.1, -0.05) is 55.5 Å². The molecule has 1 atom stereocenters. The van der Waals surface area contributed by atoms with Crippen LogP contribution in [0, 0.1) is 0 Å². The van der Waals surface area contributed by atoms with Crippen LogP contribution >= 0.6 is 0 Å². The normalized spacial score (nSPS) is 12.1. The van der Waals surface area contributed by atoms with Gasteiger partial charge in [0.05, 0.1) is 6.20 Å². The number of benzene rings is 2. The molecule has 176 valence electrons. The molecule has 0 bridgehead atoms. The Morgan fingerprint density at radius 1 is 1.11 bits per heavy atom. The molecule has 0 fully saturated rings. The number of tetrazole rings is 1. The number of hydrogen-bond acceptors (Lipinski definition) is 7. The van der Waals surface area contributed by atoms with E-state index in [0.717, 1.165) is 45.8 Å². The number of aromatic amines is 1. The summed E-state index contributed by atoms with van der Waals surface area (Å²) >= 11 is 0.